The summed E-state index contributed by atoms with van der Waals surface area (Å²) in [5.41, 5.74) is 5.64. The Morgan fingerprint density at radius 3 is 2.86 bits per heavy atom. The SMILES string of the molecule is c1ccc2c(c1)c1c(n2Cc2ccncc2)CCCNC1. The van der Waals surface area contributed by atoms with Gasteiger partial charge in [0.05, 0.1) is 0 Å². The van der Waals surface area contributed by atoms with Crippen molar-refractivity contribution < 1.29 is 0 Å². The van der Waals surface area contributed by atoms with Gasteiger partial charge in [-0.15, -0.1) is 0 Å². The fourth-order valence-corrected chi connectivity index (χ4v) is 3.36. The summed E-state index contributed by atoms with van der Waals surface area (Å²) in [5, 5.41) is 4.95. The molecular formula is C18H19N3. The van der Waals surface area contributed by atoms with Crippen LogP contribution in [0.5, 0.6) is 0 Å². The van der Waals surface area contributed by atoms with Crippen molar-refractivity contribution in [3.05, 3.63) is 65.6 Å². The summed E-state index contributed by atoms with van der Waals surface area (Å²) in [6.07, 6.45) is 6.12. The minimum atomic E-state index is 0.929. The normalized spacial score (nSPS) is 14.9. The highest BCUT2D eigenvalue weighted by atomic mass is 15.0. The number of rotatable bonds is 2. The average molecular weight is 277 g/mol. The maximum atomic E-state index is 4.12. The van der Waals surface area contributed by atoms with Gasteiger partial charge in [0, 0.05) is 42.1 Å². The molecule has 1 aromatic carbocycles. The van der Waals surface area contributed by atoms with Crippen LogP contribution in [-0.2, 0) is 19.5 Å². The third-order valence-electron chi connectivity index (χ3n) is 4.35. The quantitative estimate of drug-likeness (QED) is 0.780. The van der Waals surface area contributed by atoms with Crippen LogP contribution in [0, 0.1) is 0 Å². The topological polar surface area (TPSA) is 29.9 Å². The fraction of sp³-hybridized carbons (Fsp3) is 0.278. The molecule has 4 rings (SSSR count). The molecule has 3 aromatic rings. The zero-order chi connectivity index (χ0) is 14.1. The van der Waals surface area contributed by atoms with E-state index in [0.717, 1.165) is 26.1 Å². The Labute approximate surface area is 124 Å². The molecule has 0 spiro atoms. The van der Waals surface area contributed by atoms with Crippen molar-refractivity contribution in [3.8, 4) is 0 Å². The highest BCUT2D eigenvalue weighted by Gasteiger charge is 2.18. The predicted molar refractivity (Wildman–Crippen MR) is 85.3 cm³/mol. The van der Waals surface area contributed by atoms with Gasteiger partial charge in [-0.2, -0.15) is 0 Å². The molecule has 106 valence electrons. The van der Waals surface area contributed by atoms with Crippen molar-refractivity contribution in [1.82, 2.24) is 14.9 Å². The average Bonchev–Trinajstić information content (AvgIpc) is 2.69. The van der Waals surface area contributed by atoms with Crippen LogP contribution in [0.15, 0.2) is 48.8 Å². The van der Waals surface area contributed by atoms with Gasteiger partial charge in [-0.3, -0.25) is 4.98 Å². The smallest absolute Gasteiger partial charge is 0.0489 e. The van der Waals surface area contributed by atoms with E-state index >= 15 is 0 Å². The number of fused-ring (bicyclic) bond motifs is 3. The summed E-state index contributed by atoms with van der Waals surface area (Å²) in [6, 6.07) is 13.0. The number of aromatic nitrogens is 2. The number of hydrogen-bond acceptors (Lipinski definition) is 2. The summed E-state index contributed by atoms with van der Waals surface area (Å²) in [5.74, 6) is 0. The lowest BCUT2D eigenvalue weighted by Crippen LogP contribution is -2.11. The first kappa shape index (κ1) is 12.6. The largest absolute Gasteiger partial charge is 0.340 e. The number of pyridine rings is 1. The second-order valence-corrected chi connectivity index (χ2v) is 5.66. The fourth-order valence-electron chi connectivity index (χ4n) is 3.36. The Bertz CT molecular complexity index is 759. The van der Waals surface area contributed by atoms with Crippen LogP contribution in [-0.4, -0.2) is 16.1 Å². The van der Waals surface area contributed by atoms with Gasteiger partial charge in [-0.25, -0.2) is 0 Å². The molecule has 1 aliphatic heterocycles. The molecule has 1 aliphatic rings. The van der Waals surface area contributed by atoms with Gasteiger partial charge in [-0.1, -0.05) is 18.2 Å². The van der Waals surface area contributed by atoms with E-state index in [-0.39, 0.29) is 0 Å². The van der Waals surface area contributed by atoms with E-state index in [9.17, 15) is 0 Å². The first-order chi connectivity index (χ1) is 10.4. The Morgan fingerprint density at radius 1 is 1.10 bits per heavy atom. The van der Waals surface area contributed by atoms with Gasteiger partial charge >= 0.3 is 0 Å². The van der Waals surface area contributed by atoms with E-state index in [4.69, 9.17) is 0 Å². The number of nitrogens with one attached hydrogen (secondary N) is 1. The van der Waals surface area contributed by atoms with E-state index in [2.05, 4.69) is 51.3 Å². The zero-order valence-corrected chi connectivity index (χ0v) is 12.0. The predicted octanol–water partition coefficient (Wildman–Crippen LogP) is 3.12. The number of nitrogens with zero attached hydrogens (tertiary/aromatic N) is 2. The van der Waals surface area contributed by atoms with E-state index in [1.54, 1.807) is 0 Å². The van der Waals surface area contributed by atoms with Crippen molar-refractivity contribution in [2.75, 3.05) is 6.54 Å². The molecule has 0 fully saturated rings. The Hall–Kier alpha value is -2.13. The number of para-hydroxylation sites is 1. The molecule has 0 atom stereocenters. The highest BCUT2D eigenvalue weighted by molar-refractivity contribution is 5.85. The van der Waals surface area contributed by atoms with Gasteiger partial charge < -0.3 is 9.88 Å². The van der Waals surface area contributed by atoms with Crippen LogP contribution in [0.4, 0.5) is 0 Å². The lowest BCUT2D eigenvalue weighted by Gasteiger charge is -2.11. The Kier molecular flexibility index (Phi) is 3.20. The zero-order valence-electron chi connectivity index (χ0n) is 12.0. The van der Waals surface area contributed by atoms with Gasteiger partial charge in [0.1, 0.15) is 0 Å². The van der Waals surface area contributed by atoms with Gasteiger partial charge in [-0.05, 0) is 48.7 Å². The van der Waals surface area contributed by atoms with Crippen LogP contribution in [0.2, 0.25) is 0 Å². The molecule has 0 radical (unpaired) electrons. The first-order valence-corrected chi connectivity index (χ1v) is 7.62. The van der Waals surface area contributed by atoms with Gasteiger partial charge in [0.2, 0.25) is 0 Å². The van der Waals surface area contributed by atoms with E-state index < -0.39 is 0 Å². The second kappa shape index (κ2) is 5.34. The van der Waals surface area contributed by atoms with Crippen LogP contribution in [0.3, 0.4) is 0 Å². The number of benzene rings is 1. The molecule has 3 nitrogen and oxygen atoms in total. The molecule has 1 N–H and O–H groups in total. The Balaban J connectivity index is 1.88. The third kappa shape index (κ3) is 2.24. The van der Waals surface area contributed by atoms with Crippen molar-refractivity contribution in [2.45, 2.75) is 25.9 Å². The van der Waals surface area contributed by atoms with E-state index in [1.165, 1.54) is 34.1 Å². The van der Waals surface area contributed by atoms with Crippen molar-refractivity contribution >= 4 is 10.9 Å². The molecule has 0 aliphatic carbocycles. The second-order valence-electron chi connectivity index (χ2n) is 5.66. The molecular weight excluding hydrogens is 258 g/mol. The van der Waals surface area contributed by atoms with Crippen molar-refractivity contribution in [2.24, 2.45) is 0 Å². The van der Waals surface area contributed by atoms with E-state index in [0.29, 0.717) is 0 Å². The molecule has 0 bridgehead atoms. The molecule has 3 heteroatoms. The van der Waals surface area contributed by atoms with Crippen LogP contribution in [0.1, 0.15) is 23.2 Å². The van der Waals surface area contributed by atoms with Gasteiger partial charge in [0.25, 0.3) is 0 Å². The lowest BCUT2D eigenvalue weighted by molar-refractivity contribution is 0.673. The summed E-state index contributed by atoms with van der Waals surface area (Å²) in [4.78, 5) is 4.12. The van der Waals surface area contributed by atoms with Gasteiger partial charge in [0.15, 0.2) is 0 Å². The minimum absolute atomic E-state index is 0.929. The minimum Gasteiger partial charge on any atom is -0.340 e. The Morgan fingerprint density at radius 2 is 1.95 bits per heavy atom. The highest BCUT2D eigenvalue weighted by Crippen LogP contribution is 2.29. The molecule has 21 heavy (non-hydrogen) atoms. The monoisotopic (exact) mass is 277 g/mol. The maximum absolute atomic E-state index is 4.12. The molecule has 0 unspecified atom stereocenters. The lowest BCUT2D eigenvalue weighted by atomic mass is 10.1. The van der Waals surface area contributed by atoms with Crippen LogP contribution < -0.4 is 5.32 Å². The summed E-state index contributed by atoms with van der Waals surface area (Å²) < 4.78 is 2.49. The standard InChI is InChI=1S/C18H19N3/c1-2-5-17-15(4-1)16-12-20-9-3-6-18(16)21(17)13-14-7-10-19-11-8-14/h1-2,4-5,7-8,10-11,20H,3,6,9,12-13H2. The first-order valence-electron chi connectivity index (χ1n) is 7.62. The van der Waals surface area contributed by atoms with Crippen molar-refractivity contribution in [1.29, 1.82) is 0 Å². The maximum Gasteiger partial charge on any atom is 0.0489 e. The molecule has 3 heterocycles. The molecule has 0 saturated heterocycles. The molecule has 0 saturated carbocycles. The molecule has 0 amide bonds. The summed E-state index contributed by atoms with van der Waals surface area (Å²) in [7, 11) is 0. The van der Waals surface area contributed by atoms with E-state index in [1.807, 2.05) is 12.4 Å². The number of hydrogen-bond donors (Lipinski definition) is 1. The molecule has 2 aromatic heterocycles. The summed E-state index contributed by atoms with van der Waals surface area (Å²) in [6.45, 7) is 3.02. The van der Waals surface area contributed by atoms with Crippen LogP contribution >= 0.6 is 0 Å². The van der Waals surface area contributed by atoms with Crippen molar-refractivity contribution in [3.63, 3.8) is 0 Å². The third-order valence-corrected chi connectivity index (χ3v) is 4.35. The summed E-state index contributed by atoms with van der Waals surface area (Å²) >= 11 is 0. The van der Waals surface area contributed by atoms with Crippen LogP contribution in [0.25, 0.3) is 10.9 Å².